The number of hydrogen-bond acceptors (Lipinski definition) is 3. The molecule has 5 heteroatoms. The maximum absolute atomic E-state index is 13.5. The second-order valence-corrected chi connectivity index (χ2v) is 5.98. The smallest absolute Gasteiger partial charge is 0.143 e. The number of hydrogen-bond donors (Lipinski definition) is 1. The number of thiophene rings is 1. The number of benzene rings is 2. The summed E-state index contributed by atoms with van der Waals surface area (Å²) < 4.78 is 14.6. The molecule has 0 amide bonds. The second-order valence-electron chi connectivity index (χ2n) is 4.46. The molecule has 0 saturated heterocycles. The third-order valence-electron chi connectivity index (χ3n) is 3.17. The van der Waals surface area contributed by atoms with Gasteiger partial charge in [0, 0.05) is 15.0 Å². The average Bonchev–Trinajstić information content (AvgIpc) is 2.82. The Kier molecular flexibility index (Phi) is 3.78. The van der Waals surface area contributed by atoms with Crippen molar-refractivity contribution in [3.63, 3.8) is 0 Å². The topological polar surface area (TPSA) is 35.8 Å². The van der Waals surface area contributed by atoms with Gasteiger partial charge in [-0.05, 0) is 18.2 Å². The van der Waals surface area contributed by atoms with Crippen molar-refractivity contribution in [2.45, 2.75) is 6.54 Å². The number of halogens is 2. The fraction of sp³-hybridized carbons (Fsp3) is 0.0625. The molecule has 1 N–H and O–H groups in total. The lowest BCUT2D eigenvalue weighted by Gasteiger charge is -2.07. The van der Waals surface area contributed by atoms with Crippen LogP contribution in [0, 0.1) is 17.1 Å². The van der Waals surface area contributed by atoms with Crippen LogP contribution in [-0.2, 0) is 6.54 Å². The van der Waals surface area contributed by atoms with Crippen molar-refractivity contribution >= 4 is 38.7 Å². The summed E-state index contributed by atoms with van der Waals surface area (Å²) in [5, 5.41) is 13.8. The summed E-state index contributed by atoms with van der Waals surface area (Å²) in [6.07, 6.45) is 0. The molecule has 104 valence electrons. The van der Waals surface area contributed by atoms with E-state index < -0.39 is 5.82 Å². The van der Waals surface area contributed by atoms with Crippen molar-refractivity contribution in [2.75, 3.05) is 5.32 Å². The van der Waals surface area contributed by atoms with Crippen LogP contribution >= 0.6 is 22.9 Å². The molecule has 0 aliphatic heterocycles. The summed E-state index contributed by atoms with van der Waals surface area (Å²) in [4.78, 5) is 0.964. The zero-order chi connectivity index (χ0) is 14.8. The lowest BCUT2D eigenvalue weighted by Crippen LogP contribution is -2.01. The molecular weight excluding hydrogens is 307 g/mol. The molecule has 0 aliphatic rings. The highest BCUT2D eigenvalue weighted by atomic mass is 35.5. The third kappa shape index (κ3) is 2.58. The minimum absolute atomic E-state index is 0.0229. The standard InChI is InChI=1S/C16H10ClFN2S/c17-16-10-4-1-2-7-14(10)21-15(16)9-20-13-6-3-5-12(18)11(13)8-19/h1-7,20H,9H2. The number of nitrogens with one attached hydrogen (secondary N) is 1. The summed E-state index contributed by atoms with van der Waals surface area (Å²) >= 11 is 7.95. The minimum Gasteiger partial charge on any atom is -0.379 e. The molecule has 0 radical (unpaired) electrons. The van der Waals surface area contributed by atoms with Gasteiger partial charge in [-0.25, -0.2) is 4.39 Å². The van der Waals surface area contributed by atoms with Gasteiger partial charge in [0.1, 0.15) is 17.4 Å². The number of nitriles is 1. The van der Waals surface area contributed by atoms with Gasteiger partial charge < -0.3 is 5.32 Å². The zero-order valence-electron chi connectivity index (χ0n) is 10.9. The molecule has 0 bridgehead atoms. The van der Waals surface area contributed by atoms with Crippen molar-refractivity contribution in [1.29, 1.82) is 5.26 Å². The molecule has 2 aromatic carbocycles. The van der Waals surface area contributed by atoms with Gasteiger partial charge in [0.05, 0.1) is 17.3 Å². The molecule has 1 heterocycles. The van der Waals surface area contributed by atoms with Gasteiger partial charge in [0.25, 0.3) is 0 Å². The summed E-state index contributed by atoms with van der Waals surface area (Å²) in [6.45, 7) is 0.455. The lowest BCUT2D eigenvalue weighted by molar-refractivity contribution is 0.624. The molecule has 3 rings (SSSR count). The van der Waals surface area contributed by atoms with Crippen LogP contribution in [0.1, 0.15) is 10.4 Å². The highest BCUT2D eigenvalue weighted by Crippen LogP contribution is 2.35. The van der Waals surface area contributed by atoms with Gasteiger partial charge >= 0.3 is 0 Å². The fourth-order valence-corrected chi connectivity index (χ4v) is 3.58. The van der Waals surface area contributed by atoms with E-state index in [1.54, 1.807) is 23.5 Å². The Labute approximate surface area is 130 Å². The number of rotatable bonds is 3. The van der Waals surface area contributed by atoms with Gasteiger partial charge in [0.2, 0.25) is 0 Å². The largest absolute Gasteiger partial charge is 0.379 e. The second kappa shape index (κ2) is 5.72. The highest BCUT2D eigenvalue weighted by Gasteiger charge is 2.11. The first-order valence-corrected chi connectivity index (χ1v) is 7.48. The van der Waals surface area contributed by atoms with Crippen molar-refractivity contribution in [1.82, 2.24) is 0 Å². The van der Waals surface area contributed by atoms with E-state index in [-0.39, 0.29) is 5.56 Å². The van der Waals surface area contributed by atoms with Crippen LogP contribution in [-0.4, -0.2) is 0 Å². The van der Waals surface area contributed by atoms with Crippen LogP contribution < -0.4 is 5.32 Å². The third-order valence-corrected chi connectivity index (χ3v) is 4.88. The number of anilines is 1. The Balaban J connectivity index is 1.89. The van der Waals surface area contributed by atoms with Crippen LogP contribution in [0.4, 0.5) is 10.1 Å². The van der Waals surface area contributed by atoms with Crippen LogP contribution in [0.2, 0.25) is 5.02 Å². The molecule has 0 unspecified atom stereocenters. The number of nitrogens with zero attached hydrogens (tertiary/aromatic N) is 1. The van der Waals surface area contributed by atoms with Gasteiger partial charge in [-0.1, -0.05) is 35.9 Å². The van der Waals surface area contributed by atoms with E-state index in [1.807, 2.05) is 30.3 Å². The van der Waals surface area contributed by atoms with E-state index in [9.17, 15) is 4.39 Å². The molecule has 0 fully saturated rings. The van der Waals surface area contributed by atoms with E-state index in [2.05, 4.69) is 5.32 Å². The Morgan fingerprint density at radius 3 is 2.76 bits per heavy atom. The molecule has 0 aliphatic carbocycles. The monoisotopic (exact) mass is 316 g/mol. The van der Waals surface area contributed by atoms with Crippen LogP contribution in [0.5, 0.6) is 0 Å². The summed E-state index contributed by atoms with van der Waals surface area (Å²) in [6, 6.07) is 14.3. The van der Waals surface area contributed by atoms with E-state index in [0.717, 1.165) is 15.0 Å². The summed E-state index contributed by atoms with van der Waals surface area (Å²) in [5.41, 5.74) is 0.501. The van der Waals surface area contributed by atoms with Gasteiger partial charge in [0.15, 0.2) is 0 Å². The molecule has 21 heavy (non-hydrogen) atoms. The predicted molar refractivity (Wildman–Crippen MR) is 85.3 cm³/mol. The van der Waals surface area contributed by atoms with Crippen LogP contribution in [0.25, 0.3) is 10.1 Å². The van der Waals surface area contributed by atoms with Crippen molar-refractivity contribution in [3.8, 4) is 6.07 Å². The summed E-state index contributed by atoms with van der Waals surface area (Å²) in [5.74, 6) is -0.523. The molecule has 2 nitrogen and oxygen atoms in total. The normalized spacial score (nSPS) is 10.5. The van der Waals surface area contributed by atoms with Crippen LogP contribution in [0.3, 0.4) is 0 Å². The molecule has 1 aromatic heterocycles. The summed E-state index contributed by atoms with van der Waals surface area (Å²) in [7, 11) is 0. The molecule has 0 spiro atoms. The zero-order valence-corrected chi connectivity index (χ0v) is 12.4. The van der Waals surface area contributed by atoms with Gasteiger partial charge in [-0.3, -0.25) is 0 Å². The Morgan fingerprint density at radius 1 is 1.19 bits per heavy atom. The predicted octanol–water partition coefficient (Wildman–Crippen LogP) is 5.18. The molecular formula is C16H10ClFN2S. The minimum atomic E-state index is -0.523. The van der Waals surface area contributed by atoms with Crippen molar-refractivity contribution in [2.24, 2.45) is 0 Å². The fourth-order valence-electron chi connectivity index (χ4n) is 2.14. The molecule has 3 aromatic rings. The quantitative estimate of drug-likeness (QED) is 0.723. The van der Waals surface area contributed by atoms with Crippen LogP contribution in [0.15, 0.2) is 42.5 Å². The van der Waals surface area contributed by atoms with E-state index in [1.165, 1.54) is 6.07 Å². The maximum Gasteiger partial charge on any atom is 0.143 e. The first-order valence-electron chi connectivity index (χ1n) is 6.29. The lowest BCUT2D eigenvalue weighted by atomic mass is 10.2. The van der Waals surface area contributed by atoms with Gasteiger partial charge in [-0.15, -0.1) is 11.3 Å². The van der Waals surface area contributed by atoms with Gasteiger partial charge in [-0.2, -0.15) is 5.26 Å². The Morgan fingerprint density at radius 2 is 2.00 bits per heavy atom. The first-order chi connectivity index (χ1) is 10.2. The van der Waals surface area contributed by atoms with E-state index in [0.29, 0.717) is 17.3 Å². The van der Waals surface area contributed by atoms with Crippen molar-refractivity contribution < 1.29 is 4.39 Å². The highest BCUT2D eigenvalue weighted by molar-refractivity contribution is 7.19. The maximum atomic E-state index is 13.5. The van der Waals surface area contributed by atoms with E-state index in [4.69, 9.17) is 16.9 Å². The molecule has 0 saturated carbocycles. The SMILES string of the molecule is N#Cc1c(F)cccc1NCc1sc2ccccc2c1Cl. The Hall–Kier alpha value is -2.09. The number of fused-ring (bicyclic) bond motifs is 1. The Bertz CT molecular complexity index is 851. The average molecular weight is 317 g/mol. The van der Waals surface area contributed by atoms with E-state index >= 15 is 0 Å². The van der Waals surface area contributed by atoms with Crippen molar-refractivity contribution in [3.05, 3.63) is 63.7 Å². The first kappa shape index (κ1) is 13.9. The molecule has 0 atom stereocenters.